The highest BCUT2D eigenvalue weighted by Gasteiger charge is 2.43. The molecule has 0 amide bonds. The van der Waals surface area contributed by atoms with Crippen molar-refractivity contribution in [2.45, 2.75) is 31.3 Å². The quantitative estimate of drug-likeness (QED) is 0.474. The van der Waals surface area contributed by atoms with Crippen LogP contribution < -0.4 is 4.74 Å². The predicted molar refractivity (Wildman–Crippen MR) is 71.9 cm³/mol. The minimum absolute atomic E-state index is 0.0165. The van der Waals surface area contributed by atoms with Crippen LogP contribution in [0.25, 0.3) is 0 Å². The largest absolute Gasteiger partial charge is 0.479 e. The molecule has 0 spiro atoms. The molecule has 1 aromatic rings. The first-order valence-electron chi connectivity index (χ1n) is 6.16. The van der Waals surface area contributed by atoms with Crippen molar-refractivity contribution in [3.8, 4) is 5.75 Å². The number of para-hydroxylation sites is 1. The van der Waals surface area contributed by atoms with Crippen molar-refractivity contribution >= 4 is 23.3 Å². The van der Waals surface area contributed by atoms with Gasteiger partial charge in [0.2, 0.25) is 5.75 Å². The first-order chi connectivity index (χ1) is 9.47. The maximum atomic E-state index is 11.4. The molecule has 7 heteroatoms. The Morgan fingerprint density at radius 1 is 1.50 bits per heavy atom. The smallest absolute Gasteiger partial charge is 0.312 e. The summed E-state index contributed by atoms with van der Waals surface area (Å²) >= 11 is 5.99. The predicted octanol–water partition coefficient (Wildman–Crippen LogP) is 3.11. The molecule has 1 saturated carbocycles. The van der Waals surface area contributed by atoms with Gasteiger partial charge in [-0.25, -0.2) is 0 Å². The second kappa shape index (κ2) is 5.66. The minimum atomic E-state index is -0.747. The number of ether oxygens (including phenoxy) is 2. The molecule has 0 N–H and O–H groups in total. The van der Waals surface area contributed by atoms with Gasteiger partial charge in [-0.05, 0) is 25.3 Å². The van der Waals surface area contributed by atoms with Crippen molar-refractivity contribution in [2.24, 2.45) is 0 Å². The number of nitro benzene ring substituents is 1. The fourth-order valence-corrected chi connectivity index (χ4v) is 2.39. The van der Waals surface area contributed by atoms with Crippen LogP contribution in [0.1, 0.15) is 25.7 Å². The number of nitrogens with zero attached hydrogens (tertiary/aromatic N) is 1. The van der Waals surface area contributed by atoms with Crippen LogP contribution in [0.4, 0.5) is 5.69 Å². The van der Waals surface area contributed by atoms with Crippen LogP contribution >= 0.6 is 11.6 Å². The molecule has 1 fully saturated rings. The van der Waals surface area contributed by atoms with Gasteiger partial charge in [-0.3, -0.25) is 14.9 Å². The Balaban J connectivity index is 2.28. The molecule has 0 aliphatic heterocycles. The van der Waals surface area contributed by atoms with Crippen LogP contribution in [0.15, 0.2) is 18.2 Å². The summed E-state index contributed by atoms with van der Waals surface area (Å²) in [6.45, 7) is 0. The number of esters is 1. The van der Waals surface area contributed by atoms with E-state index >= 15 is 0 Å². The minimum Gasteiger partial charge on any atom is -0.479 e. The van der Waals surface area contributed by atoms with E-state index in [1.807, 2.05) is 0 Å². The second-order valence-corrected chi connectivity index (χ2v) is 5.14. The molecule has 6 nitrogen and oxygen atoms in total. The molecule has 0 aromatic heterocycles. The third kappa shape index (κ3) is 2.85. The number of nitro groups is 1. The van der Waals surface area contributed by atoms with Crippen molar-refractivity contribution < 1.29 is 19.2 Å². The zero-order valence-corrected chi connectivity index (χ0v) is 11.7. The summed E-state index contributed by atoms with van der Waals surface area (Å²) < 4.78 is 10.4. The summed E-state index contributed by atoms with van der Waals surface area (Å²) in [4.78, 5) is 21.9. The van der Waals surface area contributed by atoms with Gasteiger partial charge in [0.05, 0.1) is 23.5 Å². The van der Waals surface area contributed by atoms with E-state index in [1.165, 1.54) is 25.3 Å². The molecule has 2 rings (SSSR count). The second-order valence-electron chi connectivity index (χ2n) is 4.74. The molecule has 20 heavy (non-hydrogen) atoms. The van der Waals surface area contributed by atoms with E-state index in [9.17, 15) is 14.9 Å². The third-order valence-electron chi connectivity index (χ3n) is 3.42. The molecule has 1 aliphatic carbocycles. The zero-order chi connectivity index (χ0) is 14.8. The highest BCUT2D eigenvalue weighted by atomic mass is 35.5. The fourth-order valence-electron chi connectivity index (χ4n) is 2.18. The van der Waals surface area contributed by atoms with Gasteiger partial charge in [0.1, 0.15) is 5.60 Å². The van der Waals surface area contributed by atoms with Gasteiger partial charge in [0.25, 0.3) is 0 Å². The number of rotatable bonds is 5. The Morgan fingerprint density at radius 3 is 2.70 bits per heavy atom. The lowest BCUT2D eigenvalue weighted by molar-refractivity contribution is -0.386. The summed E-state index contributed by atoms with van der Waals surface area (Å²) in [5.41, 5.74) is -0.948. The average molecular weight is 300 g/mol. The van der Waals surface area contributed by atoms with Gasteiger partial charge in [-0.2, -0.15) is 0 Å². The van der Waals surface area contributed by atoms with Crippen molar-refractivity contribution in [1.82, 2.24) is 0 Å². The molecule has 0 unspecified atom stereocenters. The van der Waals surface area contributed by atoms with Crippen molar-refractivity contribution in [1.29, 1.82) is 0 Å². The Morgan fingerprint density at radius 2 is 2.20 bits per heavy atom. The topological polar surface area (TPSA) is 78.7 Å². The first-order valence-corrected chi connectivity index (χ1v) is 6.54. The molecule has 1 aromatic carbocycles. The summed E-state index contributed by atoms with van der Waals surface area (Å²) in [5.74, 6) is -0.387. The average Bonchev–Trinajstić information content (AvgIpc) is 2.37. The lowest BCUT2D eigenvalue weighted by Gasteiger charge is -2.40. The number of carbonyl (C=O) groups is 1. The van der Waals surface area contributed by atoms with Gasteiger partial charge in [0.15, 0.2) is 0 Å². The number of benzene rings is 1. The van der Waals surface area contributed by atoms with Crippen LogP contribution in [-0.2, 0) is 9.53 Å². The van der Waals surface area contributed by atoms with Crippen LogP contribution in [0.2, 0.25) is 5.02 Å². The van der Waals surface area contributed by atoms with E-state index in [-0.39, 0.29) is 22.9 Å². The maximum Gasteiger partial charge on any atom is 0.312 e. The van der Waals surface area contributed by atoms with Crippen molar-refractivity contribution in [2.75, 3.05) is 7.11 Å². The van der Waals surface area contributed by atoms with E-state index in [0.717, 1.165) is 6.42 Å². The SMILES string of the molecule is COC(=O)CC1(Oc2c(Cl)cccc2[N+](=O)[O-])CCC1. The molecule has 0 atom stereocenters. The number of halogens is 1. The van der Waals surface area contributed by atoms with Crippen molar-refractivity contribution in [3.63, 3.8) is 0 Å². The van der Waals surface area contributed by atoms with Gasteiger partial charge >= 0.3 is 11.7 Å². The van der Waals surface area contributed by atoms with E-state index in [2.05, 4.69) is 4.74 Å². The molecular weight excluding hydrogens is 286 g/mol. The normalized spacial score (nSPS) is 16.1. The molecule has 0 bridgehead atoms. The van der Waals surface area contributed by atoms with Crippen LogP contribution in [-0.4, -0.2) is 23.6 Å². The number of hydrogen-bond donors (Lipinski definition) is 0. The lowest BCUT2D eigenvalue weighted by atomic mass is 9.77. The highest BCUT2D eigenvalue weighted by molar-refractivity contribution is 6.32. The van der Waals surface area contributed by atoms with E-state index in [4.69, 9.17) is 16.3 Å². The lowest BCUT2D eigenvalue weighted by Crippen LogP contribution is -2.45. The molecule has 0 radical (unpaired) electrons. The Hall–Kier alpha value is -1.82. The fraction of sp³-hybridized carbons (Fsp3) is 0.462. The first kappa shape index (κ1) is 14.6. The Bertz CT molecular complexity index is 542. The Kier molecular flexibility index (Phi) is 4.13. The van der Waals surface area contributed by atoms with Crippen molar-refractivity contribution in [3.05, 3.63) is 33.3 Å². The van der Waals surface area contributed by atoms with E-state index in [1.54, 1.807) is 0 Å². The van der Waals surface area contributed by atoms with Crippen LogP contribution in [0.3, 0.4) is 0 Å². The Labute approximate surface area is 120 Å². The summed E-state index contributed by atoms with van der Waals surface area (Å²) in [6, 6.07) is 4.33. The van der Waals surface area contributed by atoms with Gasteiger partial charge in [0, 0.05) is 6.07 Å². The maximum absolute atomic E-state index is 11.4. The van der Waals surface area contributed by atoms with Crippen LogP contribution in [0, 0.1) is 10.1 Å². The molecular formula is C13H14ClNO5. The standard InChI is InChI=1S/C13H14ClNO5/c1-19-11(16)8-13(6-3-7-13)20-12-9(14)4-2-5-10(12)15(17)18/h2,4-5H,3,6-8H2,1H3. The van der Waals surface area contributed by atoms with E-state index in [0.29, 0.717) is 12.8 Å². The number of hydrogen-bond acceptors (Lipinski definition) is 5. The summed E-state index contributed by atoms with van der Waals surface area (Å²) in [7, 11) is 1.30. The molecule has 1 aliphatic rings. The van der Waals surface area contributed by atoms with Gasteiger partial charge in [-0.1, -0.05) is 17.7 Å². The van der Waals surface area contributed by atoms with E-state index < -0.39 is 16.5 Å². The van der Waals surface area contributed by atoms with Crippen LogP contribution in [0.5, 0.6) is 5.75 Å². The molecule has 108 valence electrons. The monoisotopic (exact) mass is 299 g/mol. The van der Waals surface area contributed by atoms with Gasteiger partial charge in [-0.15, -0.1) is 0 Å². The van der Waals surface area contributed by atoms with Gasteiger partial charge < -0.3 is 9.47 Å². The third-order valence-corrected chi connectivity index (χ3v) is 3.72. The molecule has 0 heterocycles. The number of carbonyl (C=O) groups excluding carboxylic acids is 1. The zero-order valence-electron chi connectivity index (χ0n) is 10.9. The highest BCUT2D eigenvalue weighted by Crippen LogP contribution is 2.44. The summed E-state index contributed by atoms with van der Waals surface area (Å²) in [5, 5.41) is 11.2. The number of methoxy groups -OCH3 is 1. The molecule has 0 saturated heterocycles. The summed E-state index contributed by atoms with van der Waals surface area (Å²) in [6.07, 6.45) is 2.25.